The summed E-state index contributed by atoms with van der Waals surface area (Å²) in [6, 6.07) is 6.00. The van der Waals surface area contributed by atoms with Gasteiger partial charge in [-0.05, 0) is 18.2 Å². The molecule has 5 N–H and O–H groups in total. The van der Waals surface area contributed by atoms with E-state index in [4.69, 9.17) is 22.4 Å². The lowest BCUT2D eigenvalue weighted by atomic mass is 10.2. The van der Waals surface area contributed by atoms with Crippen LogP contribution in [0.25, 0.3) is 0 Å². The molecule has 0 spiro atoms. The van der Waals surface area contributed by atoms with Crippen molar-refractivity contribution in [1.82, 2.24) is 9.97 Å². The summed E-state index contributed by atoms with van der Waals surface area (Å²) in [5, 5.41) is 14.5. The number of hydrogen-bond donors (Lipinski definition) is 4. The predicted octanol–water partition coefficient (Wildman–Crippen LogP) is 1.85. The number of carboxylic acids is 1. The van der Waals surface area contributed by atoms with Gasteiger partial charge in [-0.3, -0.25) is 4.79 Å². The van der Waals surface area contributed by atoms with E-state index in [1.165, 1.54) is 18.5 Å². The lowest BCUT2D eigenvalue weighted by Crippen LogP contribution is -2.17. The van der Waals surface area contributed by atoms with Crippen LogP contribution in [0.2, 0.25) is 5.15 Å². The summed E-state index contributed by atoms with van der Waals surface area (Å²) in [7, 11) is 0. The number of amides is 1. The molecule has 0 unspecified atom stereocenters. The highest BCUT2D eigenvalue weighted by Gasteiger charge is 2.08. The molecule has 1 heterocycles. The molecule has 23 heavy (non-hydrogen) atoms. The normalized spacial score (nSPS) is 10.1. The highest BCUT2D eigenvalue weighted by molar-refractivity contribution is 6.32. The molecule has 0 aliphatic rings. The smallest absolute Gasteiger partial charge is 0.335 e. The fourth-order valence-electron chi connectivity index (χ4n) is 1.76. The minimum Gasteiger partial charge on any atom is -0.478 e. The second-order valence-corrected chi connectivity index (χ2v) is 4.90. The van der Waals surface area contributed by atoms with Crippen LogP contribution in [0.5, 0.6) is 0 Å². The van der Waals surface area contributed by atoms with Crippen molar-refractivity contribution in [2.45, 2.75) is 6.42 Å². The van der Waals surface area contributed by atoms with Crippen LogP contribution in [0.3, 0.4) is 0 Å². The number of carbonyl (C=O) groups excluding carboxylic acids is 1. The third-order valence-electron chi connectivity index (χ3n) is 2.87. The van der Waals surface area contributed by atoms with Crippen molar-refractivity contribution >= 4 is 40.7 Å². The summed E-state index contributed by atoms with van der Waals surface area (Å²) >= 11 is 5.76. The van der Waals surface area contributed by atoms with Crippen molar-refractivity contribution in [2.75, 3.05) is 22.9 Å². The van der Waals surface area contributed by atoms with Gasteiger partial charge in [0, 0.05) is 18.7 Å². The first kappa shape index (κ1) is 16.5. The number of aromatic carboxylic acids is 1. The molecule has 1 amide bonds. The first-order valence-electron chi connectivity index (χ1n) is 6.60. The van der Waals surface area contributed by atoms with Gasteiger partial charge in [-0.2, -0.15) is 0 Å². The quantitative estimate of drug-likeness (QED) is 0.592. The number of hydrogen-bond acceptors (Lipinski definition) is 6. The molecular weight excluding hydrogens is 322 g/mol. The van der Waals surface area contributed by atoms with Gasteiger partial charge in [-0.25, -0.2) is 14.8 Å². The average Bonchev–Trinajstić information content (AvgIpc) is 2.51. The molecule has 1 aromatic carbocycles. The van der Waals surface area contributed by atoms with Crippen molar-refractivity contribution in [3.05, 3.63) is 41.3 Å². The number of halogens is 1. The van der Waals surface area contributed by atoms with Gasteiger partial charge in [0.25, 0.3) is 0 Å². The average molecular weight is 336 g/mol. The summed E-state index contributed by atoms with van der Waals surface area (Å²) in [6.45, 7) is 0.280. The number of nitrogens with one attached hydrogen (secondary N) is 2. The number of benzene rings is 1. The SMILES string of the molecule is Nc1c(Cl)ncnc1NCCC(=O)Nc1cccc(C(=O)O)c1. The first-order chi connectivity index (χ1) is 11.0. The summed E-state index contributed by atoms with van der Waals surface area (Å²) in [4.78, 5) is 30.4. The van der Waals surface area contributed by atoms with Gasteiger partial charge in [0.05, 0.1) is 5.56 Å². The van der Waals surface area contributed by atoms with Crippen molar-refractivity contribution in [3.8, 4) is 0 Å². The molecule has 0 bridgehead atoms. The van der Waals surface area contributed by atoms with Gasteiger partial charge in [0.2, 0.25) is 5.91 Å². The second kappa shape index (κ2) is 7.41. The number of nitrogens with two attached hydrogens (primary N) is 1. The van der Waals surface area contributed by atoms with E-state index in [0.717, 1.165) is 0 Å². The van der Waals surface area contributed by atoms with E-state index in [-0.39, 0.29) is 35.3 Å². The monoisotopic (exact) mass is 335 g/mol. The van der Waals surface area contributed by atoms with E-state index < -0.39 is 5.97 Å². The lowest BCUT2D eigenvalue weighted by molar-refractivity contribution is -0.115. The Morgan fingerprint density at radius 3 is 2.83 bits per heavy atom. The molecule has 0 atom stereocenters. The van der Waals surface area contributed by atoms with E-state index in [1.807, 2.05) is 0 Å². The number of rotatable bonds is 6. The van der Waals surface area contributed by atoms with Crippen LogP contribution >= 0.6 is 11.6 Å². The minimum absolute atomic E-state index is 0.101. The fourth-order valence-corrected chi connectivity index (χ4v) is 1.90. The molecule has 0 radical (unpaired) electrons. The van der Waals surface area contributed by atoms with Crippen LogP contribution in [0.15, 0.2) is 30.6 Å². The Morgan fingerprint density at radius 1 is 1.30 bits per heavy atom. The Hall–Kier alpha value is -2.87. The van der Waals surface area contributed by atoms with Crippen LogP contribution in [0.1, 0.15) is 16.8 Å². The van der Waals surface area contributed by atoms with E-state index in [0.29, 0.717) is 11.5 Å². The zero-order valence-electron chi connectivity index (χ0n) is 11.9. The summed E-state index contributed by atoms with van der Waals surface area (Å²) in [6.07, 6.45) is 1.40. The maximum Gasteiger partial charge on any atom is 0.335 e. The Morgan fingerprint density at radius 2 is 2.09 bits per heavy atom. The van der Waals surface area contributed by atoms with Crippen molar-refractivity contribution in [2.24, 2.45) is 0 Å². The molecule has 0 aliphatic carbocycles. The number of nitrogen functional groups attached to an aromatic ring is 1. The highest BCUT2D eigenvalue weighted by atomic mass is 35.5. The third kappa shape index (κ3) is 4.55. The Labute approximate surface area is 136 Å². The molecule has 0 aliphatic heterocycles. The van der Waals surface area contributed by atoms with Crippen molar-refractivity contribution in [1.29, 1.82) is 0 Å². The summed E-state index contributed by atoms with van der Waals surface area (Å²) in [5.41, 5.74) is 6.42. The largest absolute Gasteiger partial charge is 0.478 e. The molecule has 1 aromatic heterocycles. The topological polar surface area (TPSA) is 130 Å². The van der Waals surface area contributed by atoms with Crippen LogP contribution in [0.4, 0.5) is 17.2 Å². The van der Waals surface area contributed by atoms with Gasteiger partial charge >= 0.3 is 5.97 Å². The molecule has 9 heteroatoms. The maximum absolute atomic E-state index is 11.8. The molecule has 8 nitrogen and oxygen atoms in total. The van der Waals surface area contributed by atoms with Gasteiger partial charge < -0.3 is 21.5 Å². The number of carboxylic acid groups (broad SMARTS) is 1. The second-order valence-electron chi connectivity index (χ2n) is 4.54. The number of anilines is 3. The van der Waals surface area contributed by atoms with E-state index >= 15 is 0 Å². The number of carbonyl (C=O) groups is 2. The molecule has 2 aromatic rings. The Kier molecular flexibility index (Phi) is 5.32. The number of aromatic nitrogens is 2. The minimum atomic E-state index is -1.06. The molecular formula is C14H14ClN5O3. The van der Waals surface area contributed by atoms with Crippen molar-refractivity contribution < 1.29 is 14.7 Å². The van der Waals surface area contributed by atoms with Crippen molar-refractivity contribution in [3.63, 3.8) is 0 Å². The summed E-state index contributed by atoms with van der Waals surface area (Å²) < 4.78 is 0. The zero-order chi connectivity index (χ0) is 16.8. The number of nitrogens with zero attached hydrogens (tertiary/aromatic N) is 2. The van der Waals surface area contributed by atoms with Crippen LogP contribution in [-0.4, -0.2) is 33.5 Å². The third-order valence-corrected chi connectivity index (χ3v) is 3.17. The molecule has 2 rings (SSSR count). The van der Waals surface area contributed by atoms with Gasteiger partial charge in [-0.1, -0.05) is 17.7 Å². The van der Waals surface area contributed by atoms with Crippen LogP contribution in [-0.2, 0) is 4.79 Å². The molecule has 120 valence electrons. The predicted molar refractivity (Wildman–Crippen MR) is 86.6 cm³/mol. The van der Waals surface area contributed by atoms with Gasteiger partial charge in [0.15, 0.2) is 11.0 Å². The Balaban J connectivity index is 1.87. The van der Waals surface area contributed by atoms with E-state index in [9.17, 15) is 9.59 Å². The fraction of sp³-hybridized carbons (Fsp3) is 0.143. The first-order valence-corrected chi connectivity index (χ1v) is 6.98. The van der Waals surface area contributed by atoms with E-state index in [1.54, 1.807) is 12.1 Å². The van der Waals surface area contributed by atoms with Gasteiger partial charge in [-0.15, -0.1) is 0 Å². The molecule has 0 saturated carbocycles. The van der Waals surface area contributed by atoms with Crippen LogP contribution in [0, 0.1) is 0 Å². The molecule has 0 fully saturated rings. The standard InChI is InChI=1S/C14H14ClN5O3/c15-12-11(16)13(19-7-18-12)17-5-4-10(21)20-9-3-1-2-8(6-9)14(22)23/h1-3,6-7H,4-5,16H2,(H,20,21)(H,22,23)(H,17,18,19). The van der Waals surface area contributed by atoms with Crippen LogP contribution < -0.4 is 16.4 Å². The van der Waals surface area contributed by atoms with E-state index in [2.05, 4.69) is 20.6 Å². The van der Waals surface area contributed by atoms with Gasteiger partial charge in [0.1, 0.15) is 12.0 Å². The zero-order valence-corrected chi connectivity index (χ0v) is 12.7. The maximum atomic E-state index is 11.8. The summed E-state index contributed by atoms with van der Waals surface area (Å²) in [5.74, 6) is -0.983. The lowest BCUT2D eigenvalue weighted by Gasteiger charge is -2.09. The highest BCUT2D eigenvalue weighted by Crippen LogP contribution is 2.21. The molecule has 0 saturated heterocycles. The Bertz CT molecular complexity index is 738.